The summed E-state index contributed by atoms with van der Waals surface area (Å²) in [7, 11) is 0. The third kappa shape index (κ3) is 6.21. The second-order valence-corrected chi connectivity index (χ2v) is 4.60. The number of nitriles is 1. The Hall–Kier alpha value is -2.06. The van der Waals surface area contributed by atoms with E-state index in [1.165, 1.54) is 0 Å². The van der Waals surface area contributed by atoms with Crippen LogP contribution in [-0.2, 0) is 4.79 Å². The van der Waals surface area contributed by atoms with Crippen molar-refractivity contribution in [2.75, 3.05) is 13.2 Å². The highest BCUT2D eigenvalue weighted by Gasteiger charge is 2.05. The van der Waals surface area contributed by atoms with Crippen molar-refractivity contribution >= 4 is 5.91 Å². The van der Waals surface area contributed by atoms with Gasteiger partial charge in [0.05, 0.1) is 24.8 Å². The number of benzene rings is 1. The summed E-state index contributed by atoms with van der Waals surface area (Å²) >= 11 is 0. The first-order valence-electron chi connectivity index (χ1n) is 6.69. The maximum atomic E-state index is 11.4. The van der Waals surface area contributed by atoms with Gasteiger partial charge in [0.25, 0.3) is 0 Å². The summed E-state index contributed by atoms with van der Waals surface area (Å²) in [6.07, 6.45) is 1.91. The lowest BCUT2D eigenvalue weighted by molar-refractivity contribution is -0.122. The molecular weight excluding hydrogens is 256 g/mol. The molecule has 1 amide bonds. The molecule has 0 aliphatic rings. The third-order valence-electron chi connectivity index (χ3n) is 2.71. The molecule has 5 heteroatoms. The third-order valence-corrected chi connectivity index (χ3v) is 2.71. The summed E-state index contributed by atoms with van der Waals surface area (Å²) in [5.74, 6) is 0.612. The lowest BCUT2D eigenvalue weighted by Gasteiger charge is -2.10. The van der Waals surface area contributed by atoms with E-state index in [4.69, 9.17) is 15.1 Å². The number of amides is 1. The molecule has 108 valence electrons. The van der Waals surface area contributed by atoms with Crippen LogP contribution < -0.4 is 10.1 Å². The molecule has 1 aromatic rings. The minimum absolute atomic E-state index is 0.0515. The molecule has 1 unspecified atom stereocenters. The summed E-state index contributed by atoms with van der Waals surface area (Å²) in [5.41, 5.74) is 0.569. The minimum Gasteiger partial charge on any atom is -0.494 e. The molecule has 0 aliphatic heterocycles. The number of nitrogens with one attached hydrogen (secondary N) is 1. The van der Waals surface area contributed by atoms with Gasteiger partial charge >= 0.3 is 0 Å². The van der Waals surface area contributed by atoms with Gasteiger partial charge < -0.3 is 15.2 Å². The van der Waals surface area contributed by atoms with Gasteiger partial charge in [-0.1, -0.05) is 6.07 Å². The molecule has 20 heavy (non-hydrogen) atoms. The molecular formula is C15H20N2O3. The van der Waals surface area contributed by atoms with Gasteiger partial charge in [0.1, 0.15) is 5.75 Å². The zero-order valence-corrected chi connectivity index (χ0v) is 11.6. The summed E-state index contributed by atoms with van der Waals surface area (Å²) in [5, 5.41) is 20.2. The fourth-order valence-corrected chi connectivity index (χ4v) is 1.63. The molecule has 0 bridgehead atoms. The highest BCUT2D eigenvalue weighted by Crippen LogP contribution is 2.13. The van der Waals surface area contributed by atoms with Gasteiger partial charge in [-0.15, -0.1) is 0 Å². The van der Waals surface area contributed by atoms with Crippen LogP contribution in [-0.4, -0.2) is 30.3 Å². The zero-order chi connectivity index (χ0) is 14.8. The molecule has 5 nitrogen and oxygen atoms in total. The maximum absolute atomic E-state index is 11.4. The van der Waals surface area contributed by atoms with E-state index in [0.717, 1.165) is 12.8 Å². The number of carbonyl (C=O) groups excluding carboxylic acids is 1. The Balaban J connectivity index is 2.16. The maximum Gasteiger partial charge on any atom is 0.220 e. The Morgan fingerprint density at radius 1 is 1.50 bits per heavy atom. The van der Waals surface area contributed by atoms with Crippen molar-refractivity contribution in [3.8, 4) is 11.8 Å². The van der Waals surface area contributed by atoms with Crippen molar-refractivity contribution in [1.82, 2.24) is 5.32 Å². The molecule has 0 spiro atoms. The van der Waals surface area contributed by atoms with Crippen LogP contribution in [0.2, 0.25) is 0 Å². The summed E-state index contributed by atoms with van der Waals surface area (Å²) in [4.78, 5) is 11.4. The fourth-order valence-electron chi connectivity index (χ4n) is 1.63. The fraction of sp³-hybridized carbons (Fsp3) is 0.467. The number of ether oxygens (including phenoxy) is 1. The van der Waals surface area contributed by atoms with E-state index in [2.05, 4.69) is 11.4 Å². The summed E-state index contributed by atoms with van der Waals surface area (Å²) < 4.78 is 5.51. The molecule has 0 aromatic heterocycles. The zero-order valence-electron chi connectivity index (χ0n) is 11.6. The Bertz CT molecular complexity index is 468. The van der Waals surface area contributed by atoms with Crippen molar-refractivity contribution in [2.24, 2.45) is 0 Å². The molecule has 0 saturated carbocycles. The van der Waals surface area contributed by atoms with Crippen LogP contribution in [0.15, 0.2) is 24.3 Å². The number of hydrogen-bond acceptors (Lipinski definition) is 4. The number of rotatable bonds is 8. The molecule has 0 radical (unpaired) electrons. The first-order chi connectivity index (χ1) is 9.65. The first-order valence-corrected chi connectivity index (χ1v) is 6.69. The van der Waals surface area contributed by atoms with E-state index >= 15 is 0 Å². The Morgan fingerprint density at radius 2 is 2.30 bits per heavy atom. The largest absolute Gasteiger partial charge is 0.494 e. The van der Waals surface area contributed by atoms with Gasteiger partial charge in [-0.25, -0.2) is 0 Å². The molecule has 1 aromatic carbocycles. The van der Waals surface area contributed by atoms with Crippen molar-refractivity contribution in [2.45, 2.75) is 32.2 Å². The number of aliphatic hydroxyl groups excluding tert-OH is 1. The van der Waals surface area contributed by atoms with Crippen LogP contribution in [0.3, 0.4) is 0 Å². The van der Waals surface area contributed by atoms with Crippen LogP contribution in [0.4, 0.5) is 0 Å². The standard InChI is InChI=1S/C15H20N2O3/c1-12(11-18)17-15(19)7-2-3-8-20-14-6-4-5-13(9-14)10-16/h4-6,9,12,18H,2-3,7-8,11H2,1H3,(H,17,19). The van der Waals surface area contributed by atoms with E-state index in [1.807, 2.05) is 0 Å². The van der Waals surface area contributed by atoms with Gasteiger partial charge in [-0.05, 0) is 38.0 Å². The van der Waals surface area contributed by atoms with E-state index < -0.39 is 0 Å². The quantitative estimate of drug-likeness (QED) is 0.707. The van der Waals surface area contributed by atoms with Gasteiger partial charge in [-0.3, -0.25) is 4.79 Å². The normalized spacial score (nSPS) is 11.4. The molecule has 1 atom stereocenters. The van der Waals surface area contributed by atoms with Crippen molar-refractivity contribution < 1.29 is 14.6 Å². The lowest BCUT2D eigenvalue weighted by atomic mass is 10.2. The summed E-state index contributed by atoms with van der Waals surface area (Å²) in [6.45, 7) is 2.21. The Labute approximate surface area is 119 Å². The lowest BCUT2D eigenvalue weighted by Crippen LogP contribution is -2.34. The average molecular weight is 276 g/mol. The second-order valence-electron chi connectivity index (χ2n) is 4.60. The molecule has 0 aliphatic carbocycles. The van der Waals surface area contributed by atoms with Gasteiger partial charge in [0.15, 0.2) is 0 Å². The first kappa shape index (κ1) is 16.0. The van der Waals surface area contributed by atoms with Crippen LogP contribution >= 0.6 is 0 Å². The van der Waals surface area contributed by atoms with Gasteiger partial charge in [-0.2, -0.15) is 5.26 Å². The number of unbranched alkanes of at least 4 members (excludes halogenated alkanes) is 1. The Morgan fingerprint density at radius 3 is 3.00 bits per heavy atom. The topological polar surface area (TPSA) is 82.3 Å². The molecule has 2 N–H and O–H groups in total. The minimum atomic E-state index is -0.201. The smallest absolute Gasteiger partial charge is 0.220 e. The van der Waals surface area contributed by atoms with Gasteiger partial charge in [0, 0.05) is 12.5 Å². The van der Waals surface area contributed by atoms with E-state index in [0.29, 0.717) is 24.3 Å². The number of hydrogen-bond donors (Lipinski definition) is 2. The number of carbonyl (C=O) groups is 1. The summed E-state index contributed by atoms with van der Waals surface area (Å²) in [6, 6.07) is 8.84. The molecule has 1 rings (SSSR count). The molecule has 0 fully saturated rings. The Kier molecular flexibility index (Phi) is 7.15. The highest BCUT2D eigenvalue weighted by molar-refractivity contribution is 5.76. The van der Waals surface area contributed by atoms with Crippen LogP contribution in [0.25, 0.3) is 0 Å². The van der Waals surface area contributed by atoms with Crippen molar-refractivity contribution in [1.29, 1.82) is 5.26 Å². The van der Waals surface area contributed by atoms with E-state index in [1.54, 1.807) is 31.2 Å². The molecule has 0 saturated heterocycles. The number of nitrogens with zero attached hydrogens (tertiary/aromatic N) is 1. The average Bonchev–Trinajstić information content (AvgIpc) is 2.47. The van der Waals surface area contributed by atoms with Crippen LogP contribution in [0.5, 0.6) is 5.75 Å². The van der Waals surface area contributed by atoms with Crippen LogP contribution in [0, 0.1) is 11.3 Å². The van der Waals surface area contributed by atoms with Crippen molar-refractivity contribution in [3.63, 3.8) is 0 Å². The van der Waals surface area contributed by atoms with Crippen LogP contribution in [0.1, 0.15) is 31.7 Å². The predicted octanol–water partition coefficient (Wildman–Crippen LogP) is 1.60. The van der Waals surface area contributed by atoms with E-state index in [9.17, 15) is 4.79 Å². The SMILES string of the molecule is CC(CO)NC(=O)CCCCOc1cccc(C#N)c1. The molecule has 0 heterocycles. The highest BCUT2D eigenvalue weighted by atomic mass is 16.5. The monoisotopic (exact) mass is 276 g/mol. The van der Waals surface area contributed by atoms with Gasteiger partial charge in [0.2, 0.25) is 5.91 Å². The predicted molar refractivity (Wildman–Crippen MR) is 75.2 cm³/mol. The van der Waals surface area contributed by atoms with Crippen molar-refractivity contribution in [3.05, 3.63) is 29.8 Å². The van der Waals surface area contributed by atoms with E-state index in [-0.39, 0.29) is 18.6 Å². The number of aliphatic hydroxyl groups is 1. The second kappa shape index (κ2) is 8.94.